The van der Waals surface area contributed by atoms with Gasteiger partial charge in [0.25, 0.3) is 5.69 Å². The standard InChI is InChI=1S/C11H12N4O2/c12-5-4-11-13-7-10(14-11)8-2-1-3-9(6-8)15(16)17/h1-3,6-7H,4-5,12H2,(H,13,14). The van der Waals surface area contributed by atoms with Gasteiger partial charge >= 0.3 is 0 Å². The molecule has 3 N–H and O–H groups in total. The van der Waals surface area contributed by atoms with Crippen molar-refractivity contribution < 1.29 is 4.92 Å². The van der Waals surface area contributed by atoms with E-state index >= 15 is 0 Å². The Hall–Kier alpha value is -2.21. The number of hydrogen-bond acceptors (Lipinski definition) is 4. The van der Waals surface area contributed by atoms with E-state index < -0.39 is 4.92 Å². The lowest BCUT2D eigenvalue weighted by Crippen LogP contribution is -2.03. The van der Waals surface area contributed by atoms with E-state index in [4.69, 9.17) is 5.73 Å². The number of imidazole rings is 1. The number of benzene rings is 1. The van der Waals surface area contributed by atoms with Crippen LogP contribution in [0.2, 0.25) is 0 Å². The van der Waals surface area contributed by atoms with Crippen LogP contribution in [0, 0.1) is 10.1 Å². The average Bonchev–Trinajstić information content (AvgIpc) is 2.78. The van der Waals surface area contributed by atoms with Crippen molar-refractivity contribution in [1.29, 1.82) is 0 Å². The van der Waals surface area contributed by atoms with Gasteiger partial charge in [-0.2, -0.15) is 0 Å². The second-order valence-electron chi connectivity index (χ2n) is 3.59. The number of H-pyrrole nitrogens is 1. The molecule has 1 aromatic carbocycles. The second kappa shape index (κ2) is 4.75. The van der Waals surface area contributed by atoms with Crippen LogP contribution >= 0.6 is 0 Å². The van der Waals surface area contributed by atoms with Crippen LogP contribution in [0.1, 0.15) is 5.82 Å². The molecular formula is C11H12N4O2. The van der Waals surface area contributed by atoms with Gasteiger partial charge in [0.05, 0.1) is 16.8 Å². The molecule has 0 unspecified atom stereocenters. The summed E-state index contributed by atoms with van der Waals surface area (Å²) in [6.45, 7) is 0.516. The average molecular weight is 232 g/mol. The Morgan fingerprint density at radius 2 is 2.29 bits per heavy atom. The molecule has 6 nitrogen and oxygen atoms in total. The van der Waals surface area contributed by atoms with Gasteiger partial charge in [-0.05, 0) is 6.54 Å². The van der Waals surface area contributed by atoms with E-state index in [-0.39, 0.29) is 5.69 Å². The first kappa shape index (κ1) is 11.3. The predicted molar refractivity (Wildman–Crippen MR) is 63.4 cm³/mol. The zero-order valence-corrected chi connectivity index (χ0v) is 9.09. The zero-order valence-electron chi connectivity index (χ0n) is 9.09. The Bertz CT molecular complexity index is 536. The molecule has 6 heteroatoms. The number of non-ortho nitro benzene ring substituents is 1. The van der Waals surface area contributed by atoms with Crippen LogP contribution in [0.4, 0.5) is 5.69 Å². The molecule has 0 aliphatic heterocycles. The van der Waals surface area contributed by atoms with Gasteiger partial charge in [0.1, 0.15) is 5.82 Å². The van der Waals surface area contributed by atoms with E-state index in [1.807, 2.05) is 0 Å². The van der Waals surface area contributed by atoms with Crippen molar-refractivity contribution in [2.45, 2.75) is 6.42 Å². The first-order valence-electron chi connectivity index (χ1n) is 5.19. The summed E-state index contributed by atoms with van der Waals surface area (Å²) < 4.78 is 0. The van der Waals surface area contributed by atoms with Crippen molar-refractivity contribution in [3.63, 3.8) is 0 Å². The molecule has 0 fully saturated rings. The van der Waals surface area contributed by atoms with Crippen LogP contribution in [-0.2, 0) is 6.42 Å². The summed E-state index contributed by atoms with van der Waals surface area (Å²) in [7, 11) is 0. The highest BCUT2D eigenvalue weighted by molar-refractivity contribution is 5.61. The van der Waals surface area contributed by atoms with Crippen molar-refractivity contribution in [3.8, 4) is 11.3 Å². The summed E-state index contributed by atoms with van der Waals surface area (Å²) in [6.07, 6.45) is 2.32. The zero-order chi connectivity index (χ0) is 12.3. The van der Waals surface area contributed by atoms with E-state index in [2.05, 4.69) is 9.97 Å². The fraction of sp³-hybridized carbons (Fsp3) is 0.182. The Morgan fingerprint density at radius 1 is 1.47 bits per heavy atom. The fourth-order valence-electron chi connectivity index (χ4n) is 1.56. The molecule has 0 bridgehead atoms. The van der Waals surface area contributed by atoms with E-state index in [1.54, 1.807) is 18.3 Å². The van der Waals surface area contributed by atoms with Crippen LogP contribution < -0.4 is 5.73 Å². The summed E-state index contributed by atoms with van der Waals surface area (Å²) in [5.41, 5.74) is 7.00. The predicted octanol–water partition coefficient (Wildman–Crippen LogP) is 1.49. The molecule has 17 heavy (non-hydrogen) atoms. The third-order valence-electron chi connectivity index (χ3n) is 2.38. The Kier molecular flexibility index (Phi) is 3.15. The number of nitro benzene ring substituents is 1. The van der Waals surface area contributed by atoms with Crippen LogP contribution in [-0.4, -0.2) is 21.4 Å². The molecule has 0 saturated heterocycles. The highest BCUT2D eigenvalue weighted by Gasteiger charge is 2.08. The normalized spacial score (nSPS) is 10.4. The molecule has 0 saturated carbocycles. The molecule has 0 spiro atoms. The minimum atomic E-state index is -0.416. The molecule has 88 valence electrons. The molecule has 1 heterocycles. The maximum Gasteiger partial charge on any atom is 0.270 e. The summed E-state index contributed by atoms with van der Waals surface area (Å²) in [4.78, 5) is 17.5. The van der Waals surface area contributed by atoms with Gasteiger partial charge in [-0.15, -0.1) is 0 Å². The van der Waals surface area contributed by atoms with Crippen LogP contribution in [0.25, 0.3) is 11.3 Å². The fourth-order valence-corrected chi connectivity index (χ4v) is 1.56. The van der Waals surface area contributed by atoms with Gasteiger partial charge in [0, 0.05) is 24.1 Å². The lowest BCUT2D eigenvalue weighted by molar-refractivity contribution is -0.384. The third-order valence-corrected chi connectivity index (χ3v) is 2.38. The minimum Gasteiger partial charge on any atom is -0.342 e. The second-order valence-corrected chi connectivity index (χ2v) is 3.59. The number of rotatable bonds is 4. The summed E-state index contributed by atoms with van der Waals surface area (Å²) in [5.74, 6) is 0.786. The van der Waals surface area contributed by atoms with E-state index in [1.165, 1.54) is 12.1 Å². The first-order valence-corrected chi connectivity index (χ1v) is 5.19. The van der Waals surface area contributed by atoms with E-state index in [0.717, 1.165) is 17.1 Å². The molecule has 2 aromatic rings. The quantitative estimate of drug-likeness (QED) is 0.616. The summed E-state index contributed by atoms with van der Waals surface area (Å²) in [5, 5.41) is 10.7. The van der Waals surface area contributed by atoms with Gasteiger partial charge in [0.15, 0.2) is 0 Å². The third kappa shape index (κ3) is 2.48. The summed E-state index contributed by atoms with van der Waals surface area (Å²) in [6, 6.07) is 6.42. The molecule has 0 radical (unpaired) electrons. The smallest absolute Gasteiger partial charge is 0.270 e. The van der Waals surface area contributed by atoms with Gasteiger partial charge in [0.2, 0.25) is 0 Å². The highest BCUT2D eigenvalue weighted by atomic mass is 16.6. The van der Waals surface area contributed by atoms with Crippen LogP contribution in [0.3, 0.4) is 0 Å². The van der Waals surface area contributed by atoms with Gasteiger partial charge in [-0.25, -0.2) is 4.98 Å². The molecule has 0 amide bonds. The molecule has 2 rings (SSSR count). The Labute approximate surface area is 97.6 Å². The first-order chi connectivity index (χ1) is 8.20. The van der Waals surface area contributed by atoms with Crippen molar-refractivity contribution in [1.82, 2.24) is 9.97 Å². The van der Waals surface area contributed by atoms with E-state index in [9.17, 15) is 10.1 Å². The highest BCUT2D eigenvalue weighted by Crippen LogP contribution is 2.22. The SMILES string of the molecule is NCCc1ncc(-c2cccc([N+](=O)[O-])c2)[nH]1. The lowest BCUT2D eigenvalue weighted by Gasteiger charge is -1.97. The van der Waals surface area contributed by atoms with Crippen LogP contribution in [0.15, 0.2) is 30.5 Å². The number of nitrogens with one attached hydrogen (secondary N) is 1. The maximum absolute atomic E-state index is 10.7. The molecule has 0 aliphatic rings. The van der Waals surface area contributed by atoms with Crippen molar-refractivity contribution in [3.05, 3.63) is 46.4 Å². The van der Waals surface area contributed by atoms with Gasteiger partial charge in [-0.3, -0.25) is 10.1 Å². The Morgan fingerprint density at radius 3 is 3.00 bits per heavy atom. The summed E-state index contributed by atoms with van der Waals surface area (Å²) >= 11 is 0. The molecule has 1 aromatic heterocycles. The largest absolute Gasteiger partial charge is 0.342 e. The van der Waals surface area contributed by atoms with Crippen molar-refractivity contribution in [2.75, 3.05) is 6.54 Å². The number of nitrogens with two attached hydrogens (primary N) is 1. The Balaban J connectivity index is 2.32. The minimum absolute atomic E-state index is 0.0671. The number of nitrogens with zero attached hydrogens (tertiary/aromatic N) is 2. The monoisotopic (exact) mass is 232 g/mol. The molecular weight excluding hydrogens is 220 g/mol. The van der Waals surface area contributed by atoms with Crippen LogP contribution in [0.5, 0.6) is 0 Å². The number of hydrogen-bond donors (Lipinski definition) is 2. The topological polar surface area (TPSA) is 97.8 Å². The van der Waals surface area contributed by atoms with E-state index in [0.29, 0.717) is 13.0 Å². The van der Waals surface area contributed by atoms with Gasteiger partial charge in [-0.1, -0.05) is 12.1 Å². The molecule has 0 atom stereocenters. The molecule has 0 aliphatic carbocycles. The number of aromatic nitrogens is 2. The number of aromatic amines is 1. The van der Waals surface area contributed by atoms with Crippen molar-refractivity contribution >= 4 is 5.69 Å². The maximum atomic E-state index is 10.7. The number of nitro groups is 1. The van der Waals surface area contributed by atoms with Crippen molar-refractivity contribution in [2.24, 2.45) is 5.73 Å². The lowest BCUT2D eigenvalue weighted by atomic mass is 10.1. The van der Waals surface area contributed by atoms with Gasteiger partial charge < -0.3 is 10.7 Å².